The van der Waals surface area contributed by atoms with Crippen molar-refractivity contribution in [2.24, 2.45) is 7.05 Å². The van der Waals surface area contributed by atoms with Crippen LogP contribution in [0.5, 0.6) is 0 Å². The highest BCUT2D eigenvalue weighted by Crippen LogP contribution is 2.22. The molecule has 4 rings (SSSR count). The zero-order valence-electron chi connectivity index (χ0n) is 14.0. The van der Waals surface area contributed by atoms with Crippen molar-refractivity contribution >= 4 is 17.3 Å². The van der Waals surface area contributed by atoms with Gasteiger partial charge in [-0.3, -0.25) is 4.68 Å². The van der Waals surface area contributed by atoms with E-state index in [0.717, 1.165) is 37.3 Å². The first-order valence-corrected chi connectivity index (χ1v) is 8.67. The molecule has 1 atom stereocenters. The summed E-state index contributed by atoms with van der Waals surface area (Å²) in [6, 6.07) is 6.32. The molecule has 0 spiro atoms. The van der Waals surface area contributed by atoms with Crippen molar-refractivity contribution in [3.63, 3.8) is 0 Å². The number of aromatic nitrogens is 5. The molecule has 0 aliphatic carbocycles. The Labute approximate surface area is 151 Å². The smallest absolute Gasteiger partial charge is 0.138 e. The van der Waals surface area contributed by atoms with Crippen LogP contribution >= 0.6 is 11.6 Å². The molecule has 1 aromatic carbocycles. The fourth-order valence-electron chi connectivity index (χ4n) is 3.22. The molecular weight excluding hydrogens is 338 g/mol. The molecule has 8 heteroatoms. The highest BCUT2D eigenvalue weighted by molar-refractivity contribution is 6.30. The van der Waals surface area contributed by atoms with Gasteiger partial charge in [-0.15, -0.1) is 0 Å². The minimum absolute atomic E-state index is 0.444. The number of anilines is 1. The summed E-state index contributed by atoms with van der Waals surface area (Å²) in [6.45, 7) is 2.79. The Bertz CT molecular complexity index is 843. The summed E-state index contributed by atoms with van der Waals surface area (Å²) in [5, 5.41) is 12.8. The summed E-state index contributed by atoms with van der Waals surface area (Å²) >= 11 is 6.15. The topological polar surface area (TPSA) is 63.8 Å². The SMILES string of the molecule is Cn1cc(N2CCC(NCc3ccc(Cl)cc3-n3cncn3)C2)cn1. The number of rotatable bonds is 5. The molecule has 1 saturated heterocycles. The highest BCUT2D eigenvalue weighted by Gasteiger charge is 2.23. The second-order valence-corrected chi connectivity index (χ2v) is 6.73. The van der Waals surface area contributed by atoms with Crippen molar-refractivity contribution in [2.45, 2.75) is 19.0 Å². The highest BCUT2D eigenvalue weighted by atomic mass is 35.5. The van der Waals surface area contributed by atoms with Gasteiger partial charge in [0.1, 0.15) is 12.7 Å². The predicted octanol–water partition coefficient (Wildman–Crippen LogP) is 2.02. The van der Waals surface area contributed by atoms with Crippen LogP contribution in [0.15, 0.2) is 43.2 Å². The van der Waals surface area contributed by atoms with Crippen molar-refractivity contribution in [2.75, 3.05) is 18.0 Å². The number of nitrogens with one attached hydrogen (secondary N) is 1. The fourth-order valence-corrected chi connectivity index (χ4v) is 3.39. The van der Waals surface area contributed by atoms with Gasteiger partial charge in [0.05, 0.1) is 17.6 Å². The fraction of sp³-hybridized carbons (Fsp3) is 0.353. The normalized spacial score (nSPS) is 17.4. The minimum atomic E-state index is 0.444. The van der Waals surface area contributed by atoms with Crippen LogP contribution < -0.4 is 10.2 Å². The number of aryl methyl sites for hydroxylation is 1. The second-order valence-electron chi connectivity index (χ2n) is 6.30. The van der Waals surface area contributed by atoms with Crippen molar-refractivity contribution in [1.82, 2.24) is 29.9 Å². The molecule has 0 radical (unpaired) electrons. The average Bonchev–Trinajstić information content (AvgIpc) is 3.35. The van der Waals surface area contributed by atoms with E-state index < -0.39 is 0 Å². The monoisotopic (exact) mass is 357 g/mol. The molecule has 1 aliphatic rings. The van der Waals surface area contributed by atoms with E-state index in [4.69, 9.17) is 11.6 Å². The van der Waals surface area contributed by atoms with Crippen molar-refractivity contribution in [3.8, 4) is 5.69 Å². The van der Waals surface area contributed by atoms with E-state index in [2.05, 4.69) is 31.6 Å². The first kappa shape index (κ1) is 16.1. The molecule has 0 bridgehead atoms. The molecule has 7 nitrogen and oxygen atoms in total. The summed E-state index contributed by atoms with van der Waals surface area (Å²) in [5.74, 6) is 0. The zero-order chi connectivity index (χ0) is 17.2. The molecular formula is C17H20ClN7. The largest absolute Gasteiger partial charge is 0.367 e. The summed E-state index contributed by atoms with van der Waals surface area (Å²) in [6.07, 6.45) is 8.31. The number of benzene rings is 1. The standard InChI is InChI=1S/C17H20ClN7/c1-23-10-16(8-21-23)24-5-4-15(9-24)20-7-13-2-3-14(18)6-17(13)25-12-19-11-22-25/h2-3,6,8,10-12,15,20H,4-5,7,9H2,1H3. The quantitative estimate of drug-likeness (QED) is 0.757. The van der Waals surface area contributed by atoms with Gasteiger partial charge >= 0.3 is 0 Å². The third-order valence-corrected chi connectivity index (χ3v) is 4.77. The molecule has 25 heavy (non-hydrogen) atoms. The maximum atomic E-state index is 6.15. The number of hydrogen-bond acceptors (Lipinski definition) is 5. The first-order chi connectivity index (χ1) is 12.2. The van der Waals surface area contributed by atoms with Gasteiger partial charge in [0.25, 0.3) is 0 Å². The van der Waals surface area contributed by atoms with Crippen LogP contribution in [0.2, 0.25) is 5.02 Å². The Balaban J connectivity index is 1.42. The van der Waals surface area contributed by atoms with Crippen LogP contribution in [0.25, 0.3) is 5.69 Å². The summed E-state index contributed by atoms with van der Waals surface area (Å²) < 4.78 is 3.59. The van der Waals surface area contributed by atoms with Crippen LogP contribution in [0, 0.1) is 0 Å². The van der Waals surface area contributed by atoms with Crippen LogP contribution in [-0.2, 0) is 13.6 Å². The number of hydrogen-bond donors (Lipinski definition) is 1. The lowest BCUT2D eigenvalue weighted by molar-refractivity contribution is 0.550. The lowest BCUT2D eigenvalue weighted by atomic mass is 10.1. The van der Waals surface area contributed by atoms with Gasteiger partial charge < -0.3 is 10.2 Å². The minimum Gasteiger partial charge on any atom is -0.367 e. The van der Waals surface area contributed by atoms with E-state index in [1.165, 1.54) is 12.0 Å². The van der Waals surface area contributed by atoms with Crippen LogP contribution in [0.1, 0.15) is 12.0 Å². The van der Waals surface area contributed by atoms with Gasteiger partial charge in [-0.1, -0.05) is 17.7 Å². The van der Waals surface area contributed by atoms with Crippen LogP contribution in [0.4, 0.5) is 5.69 Å². The molecule has 1 aliphatic heterocycles. The van der Waals surface area contributed by atoms with Crippen molar-refractivity contribution in [3.05, 3.63) is 53.8 Å². The van der Waals surface area contributed by atoms with Gasteiger partial charge in [0.2, 0.25) is 0 Å². The number of halogens is 1. The predicted molar refractivity (Wildman–Crippen MR) is 97.0 cm³/mol. The first-order valence-electron chi connectivity index (χ1n) is 8.29. The maximum Gasteiger partial charge on any atom is 0.138 e. The Morgan fingerprint density at radius 3 is 3.00 bits per heavy atom. The molecule has 0 amide bonds. The molecule has 1 N–H and O–H groups in total. The molecule has 3 aromatic rings. The molecule has 0 saturated carbocycles. The summed E-state index contributed by atoms with van der Waals surface area (Å²) in [4.78, 5) is 6.39. The van der Waals surface area contributed by atoms with E-state index in [0.29, 0.717) is 11.1 Å². The van der Waals surface area contributed by atoms with Crippen molar-refractivity contribution < 1.29 is 0 Å². The van der Waals surface area contributed by atoms with E-state index in [-0.39, 0.29) is 0 Å². The second kappa shape index (κ2) is 6.85. The van der Waals surface area contributed by atoms with E-state index >= 15 is 0 Å². The average molecular weight is 358 g/mol. The maximum absolute atomic E-state index is 6.15. The Morgan fingerprint density at radius 1 is 1.32 bits per heavy atom. The Kier molecular flexibility index (Phi) is 4.42. The lowest BCUT2D eigenvalue weighted by Crippen LogP contribution is -2.32. The third-order valence-electron chi connectivity index (χ3n) is 4.54. The van der Waals surface area contributed by atoms with Crippen LogP contribution in [0.3, 0.4) is 0 Å². The number of nitrogens with zero attached hydrogens (tertiary/aromatic N) is 6. The molecule has 3 heterocycles. The van der Waals surface area contributed by atoms with E-state index in [1.807, 2.05) is 36.1 Å². The molecule has 1 unspecified atom stereocenters. The van der Waals surface area contributed by atoms with Gasteiger partial charge in [0.15, 0.2) is 0 Å². The van der Waals surface area contributed by atoms with E-state index in [1.54, 1.807) is 11.0 Å². The summed E-state index contributed by atoms with van der Waals surface area (Å²) in [5.41, 5.74) is 3.29. The zero-order valence-corrected chi connectivity index (χ0v) is 14.8. The lowest BCUT2D eigenvalue weighted by Gasteiger charge is -2.17. The van der Waals surface area contributed by atoms with Gasteiger partial charge in [-0.05, 0) is 24.1 Å². The van der Waals surface area contributed by atoms with Crippen molar-refractivity contribution in [1.29, 1.82) is 0 Å². The summed E-state index contributed by atoms with van der Waals surface area (Å²) in [7, 11) is 1.95. The Hall–Kier alpha value is -2.38. The van der Waals surface area contributed by atoms with Crippen LogP contribution in [-0.4, -0.2) is 43.7 Å². The third kappa shape index (κ3) is 3.52. The molecule has 1 fully saturated rings. The van der Waals surface area contributed by atoms with Gasteiger partial charge in [-0.2, -0.15) is 10.2 Å². The van der Waals surface area contributed by atoms with Gasteiger partial charge in [0, 0.05) is 43.9 Å². The van der Waals surface area contributed by atoms with E-state index in [9.17, 15) is 0 Å². The molecule has 130 valence electrons. The molecule has 2 aromatic heterocycles. The van der Waals surface area contributed by atoms with Gasteiger partial charge in [-0.25, -0.2) is 9.67 Å². The Morgan fingerprint density at radius 2 is 2.24 bits per heavy atom.